The van der Waals surface area contributed by atoms with Gasteiger partial charge in [-0.1, -0.05) is 0 Å². The van der Waals surface area contributed by atoms with Gasteiger partial charge in [-0.25, -0.2) is 0 Å². The number of hydrogen-bond donors (Lipinski definition) is 1. The lowest BCUT2D eigenvalue weighted by molar-refractivity contribution is -0.223. The van der Waals surface area contributed by atoms with E-state index in [4.69, 9.17) is 4.84 Å². The van der Waals surface area contributed by atoms with Crippen molar-refractivity contribution < 1.29 is 14.7 Å². The third kappa shape index (κ3) is 1.12. The Balaban J connectivity index is 2.68. The van der Waals surface area contributed by atoms with Gasteiger partial charge >= 0.3 is 0 Å². The summed E-state index contributed by atoms with van der Waals surface area (Å²) in [5.74, 6) is -0.262. The van der Waals surface area contributed by atoms with Crippen molar-refractivity contribution >= 4 is 5.91 Å². The fraction of sp³-hybridized carbons (Fsp3) is 0.833. The van der Waals surface area contributed by atoms with Crippen molar-refractivity contribution in [2.45, 2.75) is 26.0 Å². The Morgan fingerprint density at radius 3 is 2.60 bits per heavy atom. The second-order valence-electron chi connectivity index (χ2n) is 2.61. The first-order chi connectivity index (χ1) is 4.54. The highest BCUT2D eigenvalue weighted by Gasteiger charge is 2.37. The Morgan fingerprint density at radius 2 is 2.40 bits per heavy atom. The molecule has 0 aliphatic carbocycles. The van der Waals surface area contributed by atoms with E-state index in [1.54, 1.807) is 6.92 Å². The molecule has 1 N–H and O–H groups in total. The molecule has 0 radical (unpaired) electrons. The van der Waals surface area contributed by atoms with Crippen molar-refractivity contribution in [1.29, 1.82) is 0 Å². The lowest BCUT2D eigenvalue weighted by Gasteiger charge is -2.25. The number of carbonyl (C=O) groups is 1. The lowest BCUT2D eigenvalue weighted by Crippen LogP contribution is -2.42. The molecule has 1 fully saturated rings. The second-order valence-corrected chi connectivity index (χ2v) is 2.61. The molecule has 0 bridgehead atoms. The van der Waals surface area contributed by atoms with Crippen molar-refractivity contribution in [3.05, 3.63) is 0 Å². The highest BCUT2D eigenvalue weighted by molar-refractivity contribution is 5.72. The minimum atomic E-state index is -1.11. The van der Waals surface area contributed by atoms with E-state index < -0.39 is 5.72 Å². The normalized spacial score (nSPS) is 32.9. The average Bonchev–Trinajstić information content (AvgIpc) is 2.08. The molecule has 10 heavy (non-hydrogen) atoms. The van der Waals surface area contributed by atoms with Gasteiger partial charge in [-0.2, -0.15) is 5.06 Å². The SMILES string of the molecule is CC(=O)N1OCCC1(C)O. The van der Waals surface area contributed by atoms with Crippen molar-refractivity contribution in [3.63, 3.8) is 0 Å². The molecule has 4 heteroatoms. The summed E-state index contributed by atoms with van der Waals surface area (Å²) in [5.41, 5.74) is -1.11. The smallest absolute Gasteiger partial charge is 0.245 e. The van der Waals surface area contributed by atoms with Gasteiger partial charge < -0.3 is 5.11 Å². The van der Waals surface area contributed by atoms with E-state index in [2.05, 4.69) is 0 Å². The van der Waals surface area contributed by atoms with Gasteiger partial charge in [-0.3, -0.25) is 9.63 Å². The van der Waals surface area contributed by atoms with Gasteiger partial charge in [0.25, 0.3) is 0 Å². The van der Waals surface area contributed by atoms with Gasteiger partial charge in [0.2, 0.25) is 5.91 Å². The average molecular weight is 145 g/mol. The Hall–Kier alpha value is -0.610. The number of hydroxylamine groups is 2. The number of nitrogens with zero attached hydrogens (tertiary/aromatic N) is 1. The fourth-order valence-electron chi connectivity index (χ4n) is 1.00. The largest absolute Gasteiger partial charge is 0.369 e. The molecule has 58 valence electrons. The molecule has 1 aliphatic heterocycles. The summed E-state index contributed by atoms with van der Waals surface area (Å²) in [5, 5.41) is 10.4. The Morgan fingerprint density at radius 1 is 1.80 bits per heavy atom. The number of aliphatic hydroxyl groups is 1. The van der Waals surface area contributed by atoms with Crippen LogP contribution in [0.4, 0.5) is 0 Å². The minimum absolute atomic E-state index is 0.262. The van der Waals surface area contributed by atoms with Gasteiger partial charge in [-0.05, 0) is 6.92 Å². The summed E-state index contributed by atoms with van der Waals surface area (Å²) in [7, 11) is 0. The molecular formula is C6H11NO3. The molecule has 1 unspecified atom stereocenters. The second kappa shape index (κ2) is 2.21. The van der Waals surface area contributed by atoms with Crippen LogP contribution in [0.2, 0.25) is 0 Å². The van der Waals surface area contributed by atoms with Gasteiger partial charge in [0.05, 0.1) is 6.61 Å². The van der Waals surface area contributed by atoms with Crippen LogP contribution >= 0.6 is 0 Å². The molecule has 4 nitrogen and oxygen atoms in total. The Bertz CT molecular complexity index is 155. The standard InChI is InChI=1S/C6H11NO3/c1-5(8)7-6(2,9)3-4-10-7/h9H,3-4H2,1-2H3. The highest BCUT2D eigenvalue weighted by atomic mass is 16.7. The predicted molar refractivity (Wildman–Crippen MR) is 33.7 cm³/mol. The Kier molecular flexibility index (Phi) is 1.66. The maximum absolute atomic E-state index is 10.7. The molecule has 1 aliphatic rings. The van der Waals surface area contributed by atoms with Crippen molar-refractivity contribution in [1.82, 2.24) is 5.06 Å². The van der Waals surface area contributed by atoms with E-state index in [9.17, 15) is 9.90 Å². The number of hydrogen-bond acceptors (Lipinski definition) is 3. The van der Waals surface area contributed by atoms with Crippen LogP contribution in [0, 0.1) is 0 Å². The summed E-state index contributed by atoms with van der Waals surface area (Å²) in [6, 6.07) is 0. The van der Waals surface area contributed by atoms with Crippen LogP contribution in [0.25, 0.3) is 0 Å². The van der Waals surface area contributed by atoms with Crippen LogP contribution in [0.15, 0.2) is 0 Å². The topological polar surface area (TPSA) is 49.8 Å². The summed E-state index contributed by atoms with van der Waals surface area (Å²) < 4.78 is 0. The van der Waals surface area contributed by atoms with E-state index in [-0.39, 0.29) is 5.91 Å². The molecule has 1 rings (SSSR count). The zero-order valence-corrected chi connectivity index (χ0v) is 6.13. The first-order valence-electron chi connectivity index (χ1n) is 3.20. The lowest BCUT2D eigenvalue weighted by atomic mass is 10.2. The maximum atomic E-state index is 10.7. The van der Waals surface area contributed by atoms with Crippen LogP contribution in [-0.2, 0) is 9.63 Å². The molecule has 1 atom stereocenters. The summed E-state index contributed by atoms with van der Waals surface area (Å²) in [6.07, 6.45) is 0.479. The van der Waals surface area contributed by atoms with Gasteiger partial charge in [0.15, 0.2) is 5.72 Å². The van der Waals surface area contributed by atoms with E-state index in [1.807, 2.05) is 0 Å². The summed E-state index contributed by atoms with van der Waals surface area (Å²) in [4.78, 5) is 15.6. The van der Waals surface area contributed by atoms with Crippen molar-refractivity contribution in [3.8, 4) is 0 Å². The van der Waals surface area contributed by atoms with Crippen molar-refractivity contribution in [2.24, 2.45) is 0 Å². The number of rotatable bonds is 0. The molecule has 0 aromatic rings. The number of amides is 1. The molecule has 1 heterocycles. The monoisotopic (exact) mass is 145 g/mol. The van der Waals surface area contributed by atoms with Crippen molar-refractivity contribution in [2.75, 3.05) is 6.61 Å². The maximum Gasteiger partial charge on any atom is 0.245 e. The van der Waals surface area contributed by atoms with Gasteiger partial charge in [0.1, 0.15) is 0 Å². The molecule has 0 saturated carbocycles. The van der Waals surface area contributed by atoms with Crippen LogP contribution in [-0.4, -0.2) is 28.4 Å². The summed E-state index contributed by atoms with van der Waals surface area (Å²) >= 11 is 0. The van der Waals surface area contributed by atoms with Crippen LogP contribution < -0.4 is 0 Å². The van der Waals surface area contributed by atoms with Gasteiger partial charge in [0, 0.05) is 13.3 Å². The van der Waals surface area contributed by atoms with E-state index >= 15 is 0 Å². The third-order valence-corrected chi connectivity index (χ3v) is 1.52. The summed E-state index contributed by atoms with van der Waals surface area (Å²) in [6.45, 7) is 3.33. The first kappa shape index (κ1) is 7.50. The molecule has 1 saturated heterocycles. The van der Waals surface area contributed by atoms with Crippen LogP contribution in [0.1, 0.15) is 20.3 Å². The first-order valence-corrected chi connectivity index (χ1v) is 3.20. The van der Waals surface area contributed by atoms with Crippen LogP contribution in [0.5, 0.6) is 0 Å². The van der Waals surface area contributed by atoms with E-state index in [0.29, 0.717) is 13.0 Å². The Labute approximate surface area is 59.3 Å². The number of carbonyl (C=O) groups excluding carboxylic acids is 1. The predicted octanol–water partition coefficient (Wildman–Crippen LogP) is -0.121. The fourth-order valence-corrected chi connectivity index (χ4v) is 1.00. The zero-order valence-electron chi connectivity index (χ0n) is 6.13. The molecule has 1 amide bonds. The molecular weight excluding hydrogens is 134 g/mol. The third-order valence-electron chi connectivity index (χ3n) is 1.52. The highest BCUT2D eigenvalue weighted by Crippen LogP contribution is 2.23. The molecule has 0 aromatic heterocycles. The molecule has 0 aromatic carbocycles. The minimum Gasteiger partial charge on any atom is -0.369 e. The molecule has 0 spiro atoms. The van der Waals surface area contributed by atoms with Crippen LogP contribution in [0.3, 0.4) is 0 Å². The quantitative estimate of drug-likeness (QED) is 0.517. The van der Waals surface area contributed by atoms with E-state index in [1.165, 1.54) is 6.92 Å². The zero-order chi connectivity index (χ0) is 7.78. The van der Waals surface area contributed by atoms with Gasteiger partial charge in [-0.15, -0.1) is 0 Å². The van der Waals surface area contributed by atoms with E-state index in [0.717, 1.165) is 5.06 Å².